The van der Waals surface area contributed by atoms with Gasteiger partial charge in [0.1, 0.15) is 0 Å². The summed E-state index contributed by atoms with van der Waals surface area (Å²) in [5, 5.41) is 0. The topological polar surface area (TPSA) is 3.24 Å². The Hall–Kier alpha value is -8.00. The maximum Gasteiger partial charge on any atom is 0.0713 e. The molecule has 0 amide bonds. The monoisotopic (exact) mass is 855 g/mol. The third-order valence-corrected chi connectivity index (χ3v) is 15.7. The Balaban J connectivity index is 1.02. The predicted octanol–water partition coefficient (Wildman–Crippen LogP) is 16.8. The van der Waals surface area contributed by atoms with Gasteiger partial charge in [-0.15, -0.1) is 0 Å². The van der Waals surface area contributed by atoms with Crippen molar-refractivity contribution in [3.05, 3.63) is 293 Å². The lowest BCUT2D eigenvalue weighted by Crippen LogP contribution is -2.28. The molecule has 1 atom stereocenters. The number of benzene rings is 10. The largest absolute Gasteiger partial charge is 0.310 e. The summed E-state index contributed by atoms with van der Waals surface area (Å²) in [6, 6.07) is 90.8. The minimum atomic E-state index is -0.458. The molecule has 1 nitrogen and oxygen atoms in total. The molecule has 3 aliphatic rings. The van der Waals surface area contributed by atoms with Crippen LogP contribution in [0.3, 0.4) is 0 Å². The molecule has 0 heterocycles. The maximum atomic E-state index is 2.52. The molecule has 10 aromatic carbocycles. The van der Waals surface area contributed by atoms with Gasteiger partial charge in [0.15, 0.2) is 0 Å². The van der Waals surface area contributed by atoms with Crippen LogP contribution in [0.25, 0.3) is 44.5 Å². The molecule has 0 bridgehead atoms. The van der Waals surface area contributed by atoms with Gasteiger partial charge in [0, 0.05) is 27.8 Å². The van der Waals surface area contributed by atoms with Gasteiger partial charge in [0.05, 0.1) is 11.1 Å². The van der Waals surface area contributed by atoms with Gasteiger partial charge in [-0.3, -0.25) is 0 Å². The first-order valence-electron chi connectivity index (χ1n) is 23.7. The van der Waals surface area contributed by atoms with Crippen LogP contribution in [0.5, 0.6) is 0 Å². The maximum absolute atomic E-state index is 2.52. The molecule has 1 unspecified atom stereocenters. The lowest BCUT2D eigenvalue weighted by atomic mass is 9.67. The van der Waals surface area contributed by atoms with E-state index in [0.717, 1.165) is 11.4 Å². The SMILES string of the molecule is CC1(C)c2ccccc2-c2c(N(c3ccc(-c4cccc5c4-c4ccccc4C5(c4ccccc4)c4ccccc4)cc3)c3ccc4c(c3)C(C)(c3ccccc3)c3ccccc3-4)cccc21. The summed E-state index contributed by atoms with van der Waals surface area (Å²) in [7, 11) is 0. The average molecular weight is 856 g/mol. The highest BCUT2D eigenvalue weighted by atomic mass is 15.1. The first kappa shape index (κ1) is 39.4. The van der Waals surface area contributed by atoms with E-state index in [1.807, 2.05) is 0 Å². The Labute approximate surface area is 394 Å². The van der Waals surface area contributed by atoms with Crippen molar-refractivity contribution in [2.24, 2.45) is 0 Å². The number of nitrogens with zero attached hydrogens (tertiary/aromatic N) is 1. The van der Waals surface area contributed by atoms with Crippen LogP contribution in [0, 0.1) is 0 Å². The molecule has 318 valence electrons. The number of fused-ring (bicyclic) bond motifs is 9. The molecule has 0 spiro atoms. The van der Waals surface area contributed by atoms with E-state index >= 15 is 0 Å². The van der Waals surface area contributed by atoms with E-state index in [1.165, 1.54) is 100 Å². The molecule has 0 N–H and O–H groups in total. The van der Waals surface area contributed by atoms with E-state index in [1.54, 1.807) is 0 Å². The molecule has 0 saturated carbocycles. The second kappa shape index (κ2) is 14.8. The van der Waals surface area contributed by atoms with Gasteiger partial charge in [-0.1, -0.05) is 226 Å². The summed E-state index contributed by atoms with van der Waals surface area (Å²) < 4.78 is 0. The lowest BCUT2D eigenvalue weighted by molar-refractivity contribution is 0.660. The molecular weight excluding hydrogens is 807 g/mol. The third kappa shape index (κ3) is 5.49. The zero-order chi connectivity index (χ0) is 44.9. The predicted molar refractivity (Wildman–Crippen MR) is 279 cm³/mol. The van der Waals surface area contributed by atoms with Gasteiger partial charge < -0.3 is 4.90 Å². The minimum absolute atomic E-state index is 0.137. The minimum Gasteiger partial charge on any atom is -0.310 e. The molecule has 0 aromatic heterocycles. The van der Waals surface area contributed by atoms with Crippen LogP contribution in [-0.2, 0) is 16.2 Å². The summed E-state index contributed by atoms with van der Waals surface area (Å²) >= 11 is 0. The lowest BCUT2D eigenvalue weighted by Gasteiger charge is -2.34. The van der Waals surface area contributed by atoms with Crippen LogP contribution in [-0.4, -0.2) is 0 Å². The molecule has 0 fully saturated rings. The van der Waals surface area contributed by atoms with Gasteiger partial charge in [-0.2, -0.15) is 0 Å². The average Bonchev–Trinajstić information content (AvgIpc) is 3.94. The summed E-state index contributed by atoms with van der Waals surface area (Å²) in [6.45, 7) is 7.16. The number of hydrogen-bond acceptors (Lipinski definition) is 1. The summed E-state index contributed by atoms with van der Waals surface area (Å²) in [6.07, 6.45) is 0. The second-order valence-corrected chi connectivity index (χ2v) is 19.3. The fourth-order valence-corrected chi connectivity index (χ4v) is 12.6. The summed E-state index contributed by atoms with van der Waals surface area (Å²) in [4.78, 5) is 2.52. The van der Waals surface area contributed by atoms with Gasteiger partial charge in [-0.25, -0.2) is 0 Å². The highest BCUT2D eigenvalue weighted by Gasteiger charge is 2.47. The zero-order valence-corrected chi connectivity index (χ0v) is 38.0. The first-order chi connectivity index (χ1) is 32.9. The normalized spacial score (nSPS) is 16.3. The Kier molecular flexibility index (Phi) is 8.67. The zero-order valence-electron chi connectivity index (χ0n) is 38.0. The van der Waals surface area contributed by atoms with Crippen LogP contribution in [0.2, 0.25) is 0 Å². The fourth-order valence-electron chi connectivity index (χ4n) is 12.6. The third-order valence-electron chi connectivity index (χ3n) is 15.7. The van der Waals surface area contributed by atoms with Crippen molar-refractivity contribution in [3.8, 4) is 44.5 Å². The highest BCUT2D eigenvalue weighted by Crippen LogP contribution is 2.60. The van der Waals surface area contributed by atoms with E-state index in [2.05, 4.69) is 268 Å². The molecular formula is C66H49N. The number of hydrogen-bond donors (Lipinski definition) is 0. The van der Waals surface area contributed by atoms with Crippen molar-refractivity contribution >= 4 is 17.1 Å². The summed E-state index contributed by atoms with van der Waals surface area (Å²) in [5.41, 5.74) is 24.6. The number of anilines is 3. The highest BCUT2D eigenvalue weighted by molar-refractivity contribution is 5.98. The van der Waals surface area contributed by atoms with E-state index in [9.17, 15) is 0 Å². The van der Waals surface area contributed by atoms with Crippen LogP contribution in [0.15, 0.2) is 243 Å². The van der Waals surface area contributed by atoms with Crippen molar-refractivity contribution < 1.29 is 0 Å². The van der Waals surface area contributed by atoms with Crippen LogP contribution < -0.4 is 4.90 Å². The second-order valence-electron chi connectivity index (χ2n) is 19.3. The van der Waals surface area contributed by atoms with Gasteiger partial charge in [-0.05, 0) is 126 Å². The molecule has 13 rings (SSSR count). The first-order valence-corrected chi connectivity index (χ1v) is 23.7. The van der Waals surface area contributed by atoms with E-state index < -0.39 is 5.41 Å². The number of rotatable bonds is 7. The van der Waals surface area contributed by atoms with Crippen molar-refractivity contribution in [2.75, 3.05) is 4.90 Å². The Morgan fingerprint density at radius 3 is 1.45 bits per heavy atom. The molecule has 1 heteroatoms. The van der Waals surface area contributed by atoms with Crippen molar-refractivity contribution in [2.45, 2.75) is 37.0 Å². The summed E-state index contributed by atoms with van der Waals surface area (Å²) in [5.74, 6) is 0. The quantitative estimate of drug-likeness (QED) is 0.154. The van der Waals surface area contributed by atoms with E-state index in [0.29, 0.717) is 0 Å². The van der Waals surface area contributed by atoms with Crippen LogP contribution in [0.4, 0.5) is 17.1 Å². The van der Waals surface area contributed by atoms with Crippen LogP contribution >= 0.6 is 0 Å². The van der Waals surface area contributed by atoms with Gasteiger partial charge in [0.2, 0.25) is 0 Å². The Morgan fingerprint density at radius 1 is 0.299 bits per heavy atom. The van der Waals surface area contributed by atoms with Crippen molar-refractivity contribution in [3.63, 3.8) is 0 Å². The molecule has 10 aromatic rings. The molecule has 0 aliphatic heterocycles. The molecule has 67 heavy (non-hydrogen) atoms. The van der Waals surface area contributed by atoms with Crippen LogP contribution in [0.1, 0.15) is 70.8 Å². The van der Waals surface area contributed by atoms with E-state index in [4.69, 9.17) is 0 Å². The van der Waals surface area contributed by atoms with Gasteiger partial charge in [0.25, 0.3) is 0 Å². The fraction of sp³-hybridized carbons (Fsp3) is 0.0909. The molecule has 0 saturated heterocycles. The molecule has 0 radical (unpaired) electrons. The Bertz CT molecular complexity index is 3510. The van der Waals surface area contributed by atoms with E-state index in [-0.39, 0.29) is 10.8 Å². The smallest absolute Gasteiger partial charge is 0.0713 e. The van der Waals surface area contributed by atoms with Crippen molar-refractivity contribution in [1.82, 2.24) is 0 Å². The molecule has 3 aliphatic carbocycles. The standard InChI is InChI=1S/C66H49N/c1-64(2)55-31-16-14-28-53(55)63-58(64)34-20-36-61(63)67(49-41-42-52-51-27-13-17-32-56(51)65(3,60(52)43-49)45-21-7-4-8-22-45)48-39-37-44(38-40-48)50-30-19-35-59-62(50)54-29-15-18-33-57(54)66(59,46-23-9-5-10-24-46)47-25-11-6-12-26-47/h4-43H,1-3H3. The van der Waals surface area contributed by atoms with Crippen molar-refractivity contribution in [1.29, 1.82) is 0 Å². The Morgan fingerprint density at radius 2 is 0.776 bits per heavy atom. The van der Waals surface area contributed by atoms with Gasteiger partial charge >= 0.3 is 0 Å².